The van der Waals surface area contributed by atoms with Crippen molar-refractivity contribution in [3.63, 3.8) is 0 Å². The molecule has 5 N–H and O–H groups in total. The van der Waals surface area contributed by atoms with Crippen LogP contribution in [-0.4, -0.2) is 27.2 Å². The molecule has 0 aliphatic heterocycles. The molecule has 0 aliphatic carbocycles. The van der Waals surface area contributed by atoms with Crippen molar-refractivity contribution in [2.24, 2.45) is 5.41 Å². The summed E-state index contributed by atoms with van der Waals surface area (Å²) in [4.78, 5) is 20.1. The number of nitrogens with one attached hydrogen (secondary N) is 1. The smallest absolute Gasteiger partial charge is 0.230 e. The molecule has 0 fully saturated rings. The Bertz CT molecular complexity index is 490. The Hall–Kier alpha value is -1.50. The number of anilines is 2. The monoisotopic (exact) mass is 311 g/mol. The van der Waals surface area contributed by atoms with E-state index < -0.39 is 0 Å². The summed E-state index contributed by atoms with van der Waals surface area (Å²) in [7, 11) is 0. The largest absolute Gasteiger partial charge is 0.383 e. The summed E-state index contributed by atoms with van der Waals surface area (Å²) in [6.07, 6.45) is 0.887. The molecule has 118 valence electrons. The molecule has 0 unspecified atom stereocenters. The molecule has 1 rings (SSSR count). The number of rotatable bonds is 5. The molecule has 0 aliphatic rings. The van der Waals surface area contributed by atoms with Crippen LogP contribution in [0.25, 0.3) is 0 Å². The fraction of sp³-hybridized carbons (Fsp3) is 0.643. The highest BCUT2D eigenvalue weighted by atomic mass is 32.2. The Morgan fingerprint density at radius 3 is 2.19 bits per heavy atom. The van der Waals surface area contributed by atoms with E-state index in [-0.39, 0.29) is 22.6 Å². The molecule has 0 aromatic carbocycles. The van der Waals surface area contributed by atoms with Gasteiger partial charge in [-0.15, -0.1) is 0 Å². The minimum atomic E-state index is -0.258. The van der Waals surface area contributed by atoms with Crippen molar-refractivity contribution in [3.8, 4) is 0 Å². The molecular formula is C14H25N5OS. The number of thioether (sulfide) groups is 1. The van der Waals surface area contributed by atoms with E-state index in [1.54, 1.807) is 0 Å². The second-order valence-electron chi connectivity index (χ2n) is 6.96. The van der Waals surface area contributed by atoms with E-state index in [1.165, 1.54) is 17.8 Å². The van der Waals surface area contributed by atoms with Gasteiger partial charge in [0.15, 0.2) is 5.16 Å². The first kappa shape index (κ1) is 17.6. The molecule has 0 saturated carbocycles. The van der Waals surface area contributed by atoms with Crippen molar-refractivity contribution in [1.29, 1.82) is 0 Å². The number of aromatic nitrogens is 2. The molecule has 0 radical (unpaired) electrons. The first-order valence-corrected chi connectivity index (χ1v) is 7.79. The minimum Gasteiger partial charge on any atom is -0.383 e. The summed E-state index contributed by atoms with van der Waals surface area (Å²) < 4.78 is 0. The molecule has 1 aromatic heterocycles. The summed E-state index contributed by atoms with van der Waals surface area (Å²) in [6, 6.07) is 1.48. The van der Waals surface area contributed by atoms with Gasteiger partial charge < -0.3 is 16.8 Å². The second-order valence-corrected chi connectivity index (χ2v) is 7.90. The second kappa shape index (κ2) is 6.51. The maximum absolute atomic E-state index is 12.0. The number of nitrogens with zero attached hydrogens (tertiary/aromatic N) is 2. The number of nitrogen functional groups attached to an aromatic ring is 2. The zero-order valence-corrected chi connectivity index (χ0v) is 14.2. The summed E-state index contributed by atoms with van der Waals surface area (Å²) in [5, 5.41) is 3.45. The minimum absolute atomic E-state index is 0.0566. The molecule has 0 atom stereocenters. The van der Waals surface area contributed by atoms with Crippen LogP contribution in [0.5, 0.6) is 0 Å². The zero-order valence-electron chi connectivity index (χ0n) is 13.4. The molecule has 7 heteroatoms. The number of carbonyl (C=O) groups is 1. The molecule has 1 aromatic rings. The van der Waals surface area contributed by atoms with Gasteiger partial charge in [-0.2, -0.15) is 0 Å². The summed E-state index contributed by atoms with van der Waals surface area (Å²) in [5.74, 6) is 0.784. The van der Waals surface area contributed by atoms with Crippen LogP contribution in [0.2, 0.25) is 0 Å². The third-order valence-electron chi connectivity index (χ3n) is 2.53. The van der Waals surface area contributed by atoms with Crippen LogP contribution < -0.4 is 16.8 Å². The average Bonchev–Trinajstić information content (AvgIpc) is 2.20. The number of hydrogen-bond donors (Lipinski definition) is 3. The highest BCUT2D eigenvalue weighted by Gasteiger charge is 2.26. The fourth-order valence-electron chi connectivity index (χ4n) is 2.44. The Kier molecular flexibility index (Phi) is 5.44. The molecule has 0 saturated heterocycles. The van der Waals surface area contributed by atoms with Gasteiger partial charge in [0.1, 0.15) is 11.6 Å². The summed E-state index contributed by atoms with van der Waals surface area (Å²) in [5.41, 5.74) is 11.1. The van der Waals surface area contributed by atoms with Gasteiger partial charge in [0.05, 0.1) is 5.75 Å². The van der Waals surface area contributed by atoms with Gasteiger partial charge in [0.2, 0.25) is 5.91 Å². The van der Waals surface area contributed by atoms with Gasteiger partial charge in [-0.1, -0.05) is 32.5 Å². The third-order valence-corrected chi connectivity index (χ3v) is 3.37. The fourth-order valence-corrected chi connectivity index (χ4v) is 3.11. The molecule has 21 heavy (non-hydrogen) atoms. The van der Waals surface area contributed by atoms with E-state index in [4.69, 9.17) is 11.5 Å². The summed E-state index contributed by atoms with van der Waals surface area (Å²) >= 11 is 1.22. The summed E-state index contributed by atoms with van der Waals surface area (Å²) in [6.45, 7) is 10.5. The van der Waals surface area contributed by atoms with E-state index >= 15 is 0 Å². The van der Waals surface area contributed by atoms with Gasteiger partial charge in [-0.05, 0) is 25.7 Å². The van der Waals surface area contributed by atoms with Gasteiger partial charge in [-0.25, -0.2) is 9.97 Å². The van der Waals surface area contributed by atoms with E-state index in [1.807, 2.05) is 13.8 Å². The van der Waals surface area contributed by atoms with Crippen molar-refractivity contribution >= 4 is 29.3 Å². The van der Waals surface area contributed by atoms with Crippen LogP contribution in [0, 0.1) is 5.41 Å². The van der Waals surface area contributed by atoms with E-state index in [0.29, 0.717) is 16.8 Å². The Morgan fingerprint density at radius 1 is 1.19 bits per heavy atom. The third kappa shape index (κ3) is 7.17. The van der Waals surface area contributed by atoms with Crippen LogP contribution in [0.3, 0.4) is 0 Å². The topological polar surface area (TPSA) is 107 Å². The molecule has 0 bridgehead atoms. The van der Waals surface area contributed by atoms with E-state index in [2.05, 4.69) is 36.1 Å². The van der Waals surface area contributed by atoms with Crippen molar-refractivity contribution in [2.75, 3.05) is 17.2 Å². The predicted octanol–water partition coefficient (Wildman–Crippen LogP) is 2.06. The van der Waals surface area contributed by atoms with E-state index in [0.717, 1.165) is 6.42 Å². The van der Waals surface area contributed by atoms with Crippen LogP contribution in [0.1, 0.15) is 41.0 Å². The van der Waals surface area contributed by atoms with E-state index in [9.17, 15) is 4.79 Å². The predicted molar refractivity (Wildman–Crippen MR) is 87.9 cm³/mol. The van der Waals surface area contributed by atoms with Crippen molar-refractivity contribution < 1.29 is 4.79 Å². The lowest BCUT2D eigenvalue weighted by molar-refractivity contribution is -0.120. The normalized spacial score (nSPS) is 12.2. The quantitative estimate of drug-likeness (QED) is 0.567. The van der Waals surface area contributed by atoms with Crippen molar-refractivity contribution in [3.05, 3.63) is 6.07 Å². The Morgan fingerprint density at radius 2 is 1.71 bits per heavy atom. The number of hydrogen-bond acceptors (Lipinski definition) is 6. The number of nitrogens with two attached hydrogens (primary N) is 2. The lowest BCUT2D eigenvalue weighted by atomic mass is 9.82. The number of amides is 1. The molecule has 1 amide bonds. The van der Waals surface area contributed by atoms with Crippen LogP contribution in [0.15, 0.2) is 11.2 Å². The lowest BCUT2D eigenvalue weighted by Gasteiger charge is -2.33. The Balaban J connectivity index is 2.54. The molecular weight excluding hydrogens is 286 g/mol. The lowest BCUT2D eigenvalue weighted by Crippen LogP contribution is -2.46. The number of carbonyl (C=O) groups excluding carboxylic acids is 1. The van der Waals surface area contributed by atoms with Crippen LogP contribution >= 0.6 is 11.8 Å². The van der Waals surface area contributed by atoms with Gasteiger partial charge in [0.25, 0.3) is 0 Å². The zero-order chi connectivity index (χ0) is 16.3. The van der Waals surface area contributed by atoms with Gasteiger partial charge in [-0.3, -0.25) is 4.79 Å². The standard InChI is InChI=1S/C14H25N5OS/c1-13(2,3)8-14(4,5)19-11(20)7-21-12-17-9(15)6-10(16)18-12/h6H,7-8H2,1-5H3,(H,19,20)(H4,15,16,17,18). The molecule has 6 nitrogen and oxygen atoms in total. The van der Waals surface area contributed by atoms with Gasteiger partial charge in [0, 0.05) is 11.6 Å². The average molecular weight is 311 g/mol. The maximum atomic E-state index is 12.0. The first-order valence-electron chi connectivity index (χ1n) is 6.81. The van der Waals surface area contributed by atoms with Gasteiger partial charge >= 0.3 is 0 Å². The molecule has 0 spiro atoms. The van der Waals surface area contributed by atoms with Crippen molar-refractivity contribution in [2.45, 2.75) is 51.7 Å². The molecule has 1 heterocycles. The van der Waals surface area contributed by atoms with Crippen LogP contribution in [-0.2, 0) is 4.79 Å². The van der Waals surface area contributed by atoms with Crippen molar-refractivity contribution in [1.82, 2.24) is 15.3 Å². The highest BCUT2D eigenvalue weighted by Crippen LogP contribution is 2.27. The Labute approximate surface area is 130 Å². The highest BCUT2D eigenvalue weighted by molar-refractivity contribution is 7.99. The maximum Gasteiger partial charge on any atom is 0.230 e. The first-order chi connectivity index (χ1) is 9.47. The SMILES string of the molecule is CC(C)(C)CC(C)(C)NC(=O)CSc1nc(N)cc(N)n1. The van der Waals surface area contributed by atoms with Crippen LogP contribution in [0.4, 0.5) is 11.6 Å².